The number of rotatable bonds is 6. The number of nitrogens with one attached hydrogen (secondary N) is 1. The lowest BCUT2D eigenvalue weighted by Gasteiger charge is -2.13. The highest BCUT2D eigenvalue weighted by atomic mass is 32.2. The van der Waals surface area contributed by atoms with Crippen LogP contribution in [0.25, 0.3) is 0 Å². The maximum absolute atomic E-state index is 11.6. The summed E-state index contributed by atoms with van der Waals surface area (Å²) in [4.78, 5) is 3.96. The standard InChI is InChI=1S/C11H18N2O2S/c1-3-4-8-16(14,15)13-10(2)11-6-5-7-12-9-11/h5-7,9-10,13H,3-4,8H2,1-2H3. The van der Waals surface area contributed by atoms with Gasteiger partial charge in [-0.05, 0) is 25.0 Å². The maximum Gasteiger partial charge on any atom is 0.212 e. The van der Waals surface area contributed by atoms with E-state index in [1.165, 1.54) is 0 Å². The normalized spacial score (nSPS) is 13.6. The molecular formula is C11H18N2O2S. The zero-order chi connectivity index (χ0) is 12.0. The molecule has 1 atom stereocenters. The lowest BCUT2D eigenvalue weighted by molar-refractivity contribution is 0.563. The van der Waals surface area contributed by atoms with Crippen molar-refractivity contribution in [2.75, 3.05) is 5.75 Å². The van der Waals surface area contributed by atoms with Crippen molar-refractivity contribution in [3.05, 3.63) is 30.1 Å². The molecule has 0 radical (unpaired) electrons. The van der Waals surface area contributed by atoms with Crippen molar-refractivity contribution in [2.45, 2.75) is 32.7 Å². The summed E-state index contributed by atoms with van der Waals surface area (Å²) in [6.45, 7) is 3.79. The Kier molecular flexibility index (Phi) is 4.89. The van der Waals surface area contributed by atoms with Crippen LogP contribution < -0.4 is 4.72 Å². The van der Waals surface area contributed by atoms with Crippen LogP contribution in [-0.4, -0.2) is 19.2 Å². The second-order valence-corrected chi connectivity index (χ2v) is 5.67. The average Bonchev–Trinajstić information content (AvgIpc) is 2.27. The Morgan fingerprint density at radius 1 is 1.50 bits per heavy atom. The molecule has 0 spiro atoms. The van der Waals surface area contributed by atoms with Crippen LogP contribution in [0.4, 0.5) is 0 Å². The molecule has 16 heavy (non-hydrogen) atoms. The number of nitrogens with zero attached hydrogens (tertiary/aromatic N) is 1. The van der Waals surface area contributed by atoms with Crippen molar-refractivity contribution in [1.82, 2.24) is 9.71 Å². The topological polar surface area (TPSA) is 59.1 Å². The number of pyridine rings is 1. The van der Waals surface area contributed by atoms with Crippen LogP contribution in [0.15, 0.2) is 24.5 Å². The molecule has 1 N–H and O–H groups in total. The zero-order valence-corrected chi connectivity index (χ0v) is 10.5. The molecule has 1 unspecified atom stereocenters. The van der Waals surface area contributed by atoms with E-state index in [2.05, 4.69) is 9.71 Å². The van der Waals surface area contributed by atoms with Crippen molar-refractivity contribution in [3.63, 3.8) is 0 Å². The quantitative estimate of drug-likeness (QED) is 0.828. The van der Waals surface area contributed by atoms with Crippen LogP contribution in [0.1, 0.15) is 38.3 Å². The summed E-state index contributed by atoms with van der Waals surface area (Å²) < 4.78 is 25.9. The third-order valence-corrected chi connectivity index (χ3v) is 3.85. The number of unbranched alkanes of at least 4 members (excludes halogenated alkanes) is 1. The predicted octanol–water partition coefficient (Wildman–Crippen LogP) is 1.86. The number of hydrogen-bond donors (Lipinski definition) is 1. The van der Waals surface area contributed by atoms with E-state index in [0.717, 1.165) is 12.0 Å². The molecule has 0 aliphatic carbocycles. The summed E-state index contributed by atoms with van der Waals surface area (Å²) in [5.74, 6) is 0.189. The van der Waals surface area contributed by atoms with E-state index in [1.54, 1.807) is 18.5 Å². The first-order valence-corrected chi connectivity index (χ1v) is 7.10. The minimum Gasteiger partial charge on any atom is -0.264 e. The first kappa shape index (κ1) is 13.1. The van der Waals surface area contributed by atoms with Crippen LogP contribution in [0.2, 0.25) is 0 Å². The molecule has 1 heterocycles. The summed E-state index contributed by atoms with van der Waals surface area (Å²) in [5, 5.41) is 0. The molecule has 0 bridgehead atoms. The molecule has 1 aromatic heterocycles. The highest BCUT2D eigenvalue weighted by Gasteiger charge is 2.14. The van der Waals surface area contributed by atoms with Gasteiger partial charge in [0.15, 0.2) is 0 Å². The Labute approximate surface area is 97.2 Å². The molecule has 90 valence electrons. The second-order valence-electron chi connectivity index (χ2n) is 3.80. The van der Waals surface area contributed by atoms with Crippen LogP contribution >= 0.6 is 0 Å². The molecule has 4 nitrogen and oxygen atoms in total. The van der Waals surface area contributed by atoms with Gasteiger partial charge in [0.25, 0.3) is 0 Å². The lowest BCUT2D eigenvalue weighted by Crippen LogP contribution is -2.29. The third kappa shape index (κ3) is 4.28. The fourth-order valence-electron chi connectivity index (χ4n) is 1.36. The van der Waals surface area contributed by atoms with Crippen LogP contribution in [0.3, 0.4) is 0 Å². The highest BCUT2D eigenvalue weighted by molar-refractivity contribution is 7.89. The van der Waals surface area contributed by atoms with Crippen LogP contribution in [0.5, 0.6) is 0 Å². The summed E-state index contributed by atoms with van der Waals surface area (Å²) in [6.07, 6.45) is 4.91. The van der Waals surface area contributed by atoms with Gasteiger partial charge in [0, 0.05) is 18.4 Å². The van der Waals surface area contributed by atoms with E-state index in [4.69, 9.17) is 0 Å². The Hall–Kier alpha value is -0.940. The molecule has 0 amide bonds. The summed E-state index contributed by atoms with van der Waals surface area (Å²) in [5.41, 5.74) is 0.877. The monoisotopic (exact) mass is 242 g/mol. The average molecular weight is 242 g/mol. The molecule has 0 saturated carbocycles. The molecule has 0 aromatic carbocycles. The van der Waals surface area contributed by atoms with E-state index >= 15 is 0 Å². The molecule has 0 aliphatic rings. The fraction of sp³-hybridized carbons (Fsp3) is 0.545. The van der Waals surface area contributed by atoms with Gasteiger partial charge in [0.1, 0.15) is 0 Å². The van der Waals surface area contributed by atoms with E-state index in [-0.39, 0.29) is 11.8 Å². The third-order valence-electron chi connectivity index (χ3n) is 2.31. The van der Waals surface area contributed by atoms with E-state index in [1.807, 2.05) is 19.9 Å². The van der Waals surface area contributed by atoms with E-state index in [9.17, 15) is 8.42 Å². The fourth-order valence-corrected chi connectivity index (χ4v) is 2.82. The van der Waals surface area contributed by atoms with Gasteiger partial charge in [-0.3, -0.25) is 4.98 Å². The number of sulfonamides is 1. The second kappa shape index (κ2) is 5.96. The Bertz CT molecular complexity index is 403. The number of aromatic nitrogens is 1. The summed E-state index contributed by atoms with van der Waals surface area (Å²) in [6, 6.07) is 3.43. The molecule has 0 aliphatic heterocycles. The smallest absolute Gasteiger partial charge is 0.212 e. The van der Waals surface area contributed by atoms with Gasteiger partial charge in [0.05, 0.1) is 5.75 Å². The van der Waals surface area contributed by atoms with Crippen molar-refractivity contribution in [2.24, 2.45) is 0 Å². The van der Waals surface area contributed by atoms with Crippen molar-refractivity contribution in [1.29, 1.82) is 0 Å². The summed E-state index contributed by atoms with van der Waals surface area (Å²) in [7, 11) is -3.17. The molecule has 0 fully saturated rings. The van der Waals surface area contributed by atoms with E-state index in [0.29, 0.717) is 6.42 Å². The molecule has 1 aromatic rings. The van der Waals surface area contributed by atoms with Gasteiger partial charge in [0.2, 0.25) is 10.0 Å². The van der Waals surface area contributed by atoms with Crippen molar-refractivity contribution < 1.29 is 8.42 Å². The Morgan fingerprint density at radius 3 is 2.81 bits per heavy atom. The predicted molar refractivity (Wildman–Crippen MR) is 64.5 cm³/mol. The highest BCUT2D eigenvalue weighted by Crippen LogP contribution is 2.11. The van der Waals surface area contributed by atoms with Gasteiger partial charge < -0.3 is 0 Å². The minimum absolute atomic E-state index is 0.189. The largest absolute Gasteiger partial charge is 0.264 e. The van der Waals surface area contributed by atoms with Gasteiger partial charge in [-0.25, -0.2) is 13.1 Å². The lowest BCUT2D eigenvalue weighted by atomic mass is 10.2. The first-order valence-electron chi connectivity index (χ1n) is 5.45. The van der Waals surface area contributed by atoms with Gasteiger partial charge in [-0.15, -0.1) is 0 Å². The van der Waals surface area contributed by atoms with Crippen LogP contribution in [-0.2, 0) is 10.0 Å². The van der Waals surface area contributed by atoms with E-state index < -0.39 is 10.0 Å². The molecule has 5 heteroatoms. The molecular weight excluding hydrogens is 224 g/mol. The Morgan fingerprint density at radius 2 is 2.25 bits per heavy atom. The van der Waals surface area contributed by atoms with Gasteiger partial charge >= 0.3 is 0 Å². The van der Waals surface area contributed by atoms with Crippen molar-refractivity contribution >= 4 is 10.0 Å². The van der Waals surface area contributed by atoms with Gasteiger partial charge in [-0.1, -0.05) is 19.4 Å². The first-order chi connectivity index (χ1) is 7.55. The SMILES string of the molecule is CCCCS(=O)(=O)NC(C)c1cccnc1. The molecule has 1 rings (SSSR count). The van der Waals surface area contributed by atoms with Crippen molar-refractivity contribution in [3.8, 4) is 0 Å². The summed E-state index contributed by atoms with van der Waals surface area (Å²) >= 11 is 0. The molecule has 0 saturated heterocycles. The Balaban J connectivity index is 2.61. The minimum atomic E-state index is -3.17. The van der Waals surface area contributed by atoms with Gasteiger partial charge in [-0.2, -0.15) is 0 Å². The number of hydrogen-bond acceptors (Lipinski definition) is 3. The maximum atomic E-state index is 11.6. The zero-order valence-electron chi connectivity index (χ0n) is 9.68. The van der Waals surface area contributed by atoms with Crippen LogP contribution in [0, 0.1) is 0 Å².